The van der Waals surface area contributed by atoms with E-state index in [2.05, 4.69) is 4.74 Å². The first-order valence-electron chi connectivity index (χ1n) is 2.62. The molecule has 0 spiro atoms. The molecule has 0 aromatic carbocycles. The molecular weight excluding hydrogens is 120 g/mol. The van der Waals surface area contributed by atoms with Crippen molar-refractivity contribution in [2.24, 2.45) is 11.5 Å². The van der Waals surface area contributed by atoms with Gasteiger partial charge in [-0.15, -0.1) is 0 Å². The Balaban J connectivity index is 3.97. The summed E-state index contributed by atoms with van der Waals surface area (Å²) in [7, 11) is 1.28. The molecule has 0 fully saturated rings. The smallest absolute Gasteiger partial charge is 0.326 e. The Bertz CT molecular complexity index is 112. The van der Waals surface area contributed by atoms with Gasteiger partial charge in [0.15, 0.2) is 0 Å². The van der Waals surface area contributed by atoms with E-state index < -0.39 is 11.5 Å². The second-order valence-corrected chi connectivity index (χ2v) is 2.11. The number of carbonyl (C=O) groups is 1. The molecular formula is C5H12N2O2. The van der Waals surface area contributed by atoms with Gasteiger partial charge in [-0.2, -0.15) is 0 Å². The van der Waals surface area contributed by atoms with Crippen LogP contribution in [0.2, 0.25) is 0 Å². The summed E-state index contributed by atoms with van der Waals surface area (Å²) in [6.45, 7) is 1.62. The van der Waals surface area contributed by atoms with Gasteiger partial charge >= 0.3 is 5.97 Å². The summed E-state index contributed by atoms with van der Waals surface area (Å²) in [6, 6.07) is 0. The molecule has 0 amide bonds. The Morgan fingerprint density at radius 2 is 2.22 bits per heavy atom. The Kier molecular flexibility index (Phi) is 2.61. The van der Waals surface area contributed by atoms with Crippen molar-refractivity contribution in [2.45, 2.75) is 12.5 Å². The van der Waals surface area contributed by atoms with Crippen LogP contribution in [0.3, 0.4) is 0 Å². The lowest BCUT2D eigenvalue weighted by molar-refractivity contribution is -0.145. The predicted octanol–water partition coefficient (Wildman–Crippen LogP) is -1.16. The molecule has 0 saturated heterocycles. The fourth-order valence-electron chi connectivity index (χ4n) is 0.316. The minimum atomic E-state index is -1.03. The monoisotopic (exact) mass is 132 g/mol. The highest BCUT2D eigenvalue weighted by Crippen LogP contribution is 1.96. The lowest BCUT2D eigenvalue weighted by Crippen LogP contribution is -2.51. The van der Waals surface area contributed by atoms with Crippen molar-refractivity contribution < 1.29 is 9.53 Å². The van der Waals surface area contributed by atoms with Crippen LogP contribution in [-0.4, -0.2) is 25.2 Å². The van der Waals surface area contributed by atoms with Crippen molar-refractivity contribution in [1.82, 2.24) is 0 Å². The van der Waals surface area contributed by atoms with Gasteiger partial charge in [-0.1, -0.05) is 0 Å². The summed E-state index contributed by atoms with van der Waals surface area (Å²) in [6.07, 6.45) is 0. The zero-order chi connectivity index (χ0) is 7.49. The van der Waals surface area contributed by atoms with E-state index in [1.807, 2.05) is 0 Å². The molecule has 0 aliphatic heterocycles. The minimum absolute atomic E-state index is 0.0969. The molecule has 0 rings (SSSR count). The number of carbonyl (C=O) groups excluding carboxylic acids is 1. The van der Waals surface area contributed by atoms with Crippen LogP contribution < -0.4 is 11.5 Å². The molecule has 1 atom stereocenters. The maximum atomic E-state index is 10.6. The molecule has 0 heterocycles. The predicted molar refractivity (Wildman–Crippen MR) is 33.7 cm³/mol. The SMILES string of the molecule is COC(=O)[C@@](C)(N)CN. The highest BCUT2D eigenvalue weighted by atomic mass is 16.5. The van der Waals surface area contributed by atoms with Gasteiger partial charge in [-0.05, 0) is 6.92 Å². The molecule has 0 radical (unpaired) electrons. The van der Waals surface area contributed by atoms with Gasteiger partial charge in [0.05, 0.1) is 7.11 Å². The molecule has 0 aromatic rings. The molecule has 54 valence electrons. The number of ether oxygens (including phenoxy) is 1. The van der Waals surface area contributed by atoms with Crippen LogP contribution in [0.15, 0.2) is 0 Å². The van der Waals surface area contributed by atoms with Gasteiger partial charge < -0.3 is 16.2 Å². The summed E-state index contributed by atoms with van der Waals surface area (Å²) < 4.78 is 4.36. The normalized spacial score (nSPS) is 16.4. The van der Waals surface area contributed by atoms with E-state index in [1.165, 1.54) is 14.0 Å². The zero-order valence-electron chi connectivity index (χ0n) is 5.68. The Morgan fingerprint density at radius 3 is 2.33 bits per heavy atom. The van der Waals surface area contributed by atoms with E-state index in [4.69, 9.17) is 11.5 Å². The van der Waals surface area contributed by atoms with Crippen LogP contribution in [0.25, 0.3) is 0 Å². The Hall–Kier alpha value is -0.610. The summed E-state index contributed by atoms with van der Waals surface area (Å²) in [5, 5.41) is 0. The summed E-state index contributed by atoms with van der Waals surface area (Å²) in [5.74, 6) is -0.481. The quantitative estimate of drug-likeness (QED) is 0.464. The van der Waals surface area contributed by atoms with Crippen LogP contribution in [0.4, 0.5) is 0 Å². The number of rotatable bonds is 2. The van der Waals surface area contributed by atoms with Crippen molar-refractivity contribution in [3.63, 3.8) is 0 Å². The summed E-state index contributed by atoms with van der Waals surface area (Å²) in [5.41, 5.74) is 9.49. The molecule has 0 aliphatic carbocycles. The molecule has 9 heavy (non-hydrogen) atoms. The van der Waals surface area contributed by atoms with Crippen LogP contribution in [0, 0.1) is 0 Å². The number of hydrogen-bond acceptors (Lipinski definition) is 4. The van der Waals surface area contributed by atoms with Crippen molar-refractivity contribution in [3.05, 3.63) is 0 Å². The fraction of sp³-hybridized carbons (Fsp3) is 0.800. The second kappa shape index (κ2) is 2.80. The third-order valence-electron chi connectivity index (χ3n) is 1.08. The molecule has 0 unspecified atom stereocenters. The molecule has 4 nitrogen and oxygen atoms in total. The fourth-order valence-corrected chi connectivity index (χ4v) is 0.316. The Labute approximate surface area is 54.2 Å². The first kappa shape index (κ1) is 8.39. The number of methoxy groups -OCH3 is 1. The lowest BCUT2D eigenvalue weighted by Gasteiger charge is -2.17. The number of nitrogens with two attached hydrogens (primary N) is 2. The largest absolute Gasteiger partial charge is 0.468 e. The van der Waals surface area contributed by atoms with Crippen LogP contribution in [0.1, 0.15) is 6.92 Å². The van der Waals surface area contributed by atoms with E-state index in [0.29, 0.717) is 0 Å². The van der Waals surface area contributed by atoms with E-state index in [0.717, 1.165) is 0 Å². The molecule has 4 heteroatoms. The van der Waals surface area contributed by atoms with Crippen molar-refractivity contribution in [2.75, 3.05) is 13.7 Å². The second-order valence-electron chi connectivity index (χ2n) is 2.11. The van der Waals surface area contributed by atoms with Gasteiger partial charge in [0.1, 0.15) is 5.54 Å². The van der Waals surface area contributed by atoms with Crippen LogP contribution >= 0.6 is 0 Å². The standard InChI is InChI=1S/C5H12N2O2/c1-5(7,3-6)4(8)9-2/h3,6-7H2,1-2H3/t5-/m0/s1. The average Bonchev–Trinajstić information content (AvgIpc) is 1.86. The summed E-state index contributed by atoms with van der Waals surface area (Å²) >= 11 is 0. The first-order valence-corrected chi connectivity index (χ1v) is 2.62. The highest BCUT2D eigenvalue weighted by Gasteiger charge is 2.26. The molecule has 0 saturated carbocycles. The summed E-state index contributed by atoms with van der Waals surface area (Å²) in [4.78, 5) is 10.6. The van der Waals surface area contributed by atoms with Crippen LogP contribution in [-0.2, 0) is 9.53 Å². The third kappa shape index (κ3) is 1.99. The zero-order valence-corrected chi connectivity index (χ0v) is 5.68. The number of esters is 1. The van der Waals surface area contributed by atoms with Gasteiger partial charge in [-0.3, -0.25) is 4.79 Å². The average molecular weight is 132 g/mol. The van der Waals surface area contributed by atoms with E-state index in [9.17, 15) is 4.79 Å². The minimum Gasteiger partial charge on any atom is -0.468 e. The van der Waals surface area contributed by atoms with Gasteiger partial charge in [0.2, 0.25) is 0 Å². The topological polar surface area (TPSA) is 78.3 Å². The van der Waals surface area contributed by atoms with Crippen molar-refractivity contribution >= 4 is 5.97 Å². The van der Waals surface area contributed by atoms with Crippen molar-refractivity contribution in [1.29, 1.82) is 0 Å². The van der Waals surface area contributed by atoms with Crippen LogP contribution in [0.5, 0.6) is 0 Å². The maximum absolute atomic E-state index is 10.6. The maximum Gasteiger partial charge on any atom is 0.326 e. The molecule has 0 bridgehead atoms. The van der Waals surface area contributed by atoms with E-state index in [-0.39, 0.29) is 6.54 Å². The molecule has 0 aliphatic rings. The lowest BCUT2D eigenvalue weighted by atomic mass is 10.1. The van der Waals surface area contributed by atoms with Crippen molar-refractivity contribution in [3.8, 4) is 0 Å². The van der Waals surface area contributed by atoms with E-state index >= 15 is 0 Å². The van der Waals surface area contributed by atoms with Gasteiger partial charge in [0, 0.05) is 6.54 Å². The molecule has 4 N–H and O–H groups in total. The number of hydrogen-bond donors (Lipinski definition) is 2. The van der Waals surface area contributed by atoms with E-state index in [1.54, 1.807) is 0 Å². The Morgan fingerprint density at radius 1 is 1.78 bits per heavy atom. The van der Waals surface area contributed by atoms with Gasteiger partial charge in [-0.25, -0.2) is 0 Å². The first-order chi connectivity index (χ1) is 4.04. The molecule has 0 aromatic heterocycles. The van der Waals surface area contributed by atoms with Gasteiger partial charge in [0.25, 0.3) is 0 Å². The third-order valence-corrected chi connectivity index (χ3v) is 1.08. The highest BCUT2D eigenvalue weighted by molar-refractivity contribution is 5.80.